The van der Waals surface area contributed by atoms with Gasteiger partial charge in [-0.15, -0.1) is 0 Å². The van der Waals surface area contributed by atoms with Gasteiger partial charge in [0.15, 0.2) is 0 Å². The van der Waals surface area contributed by atoms with Crippen molar-refractivity contribution in [3.05, 3.63) is 54.2 Å². The van der Waals surface area contributed by atoms with E-state index >= 15 is 0 Å². The van der Waals surface area contributed by atoms with Crippen molar-refractivity contribution >= 4 is 10.1 Å². The number of halogens is 1. The van der Waals surface area contributed by atoms with E-state index in [-0.39, 0.29) is 0 Å². The van der Waals surface area contributed by atoms with E-state index in [1.165, 1.54) is 5.56 Å². The van der Waals surface area contributed by atoms with Crippen molar-refractivity contribution in [2.24, 2.45) is 0 Å². The van der Waals surface area contributed by atoms with E-state index in [4.69, 9.17) is 0 Å². The Morgan fingerprint density at radius 1 is 1.00 bits per heavy atom. The Labute approximate surface area is 109 Å². The molecule has 0 aliphatic heterocycles. The number of hydrogen-bond acceptors (Lipinski definition) is 1. The van der Waals surface area contributed by atoms with Crippen molar-refractivity contribution in [1.29, 1.82) is 0 Å². The van der Waals surface area contributed by atoms with Crippen molar-refractivity contribution < 1.29 is 15.1 Å². The summed E-state index contributed by atoms with van der Waals surface area (Å²) in [5.41, 5.74) is 3.39. The molecule has 0 aliphatic rings. The summed E-state index contributed by atoms with van der Waals surface area (Å²) in [4.78, 5) is 4.56. The predicted molar refractivity (Wildman–Crippen MR) is 64.9 cm³/mol. The van der Waals surface area contributed by atoms with Crippen molar-refractivity contribution in [2.75, 3.05) is 0 Å². The standard InChI is InChI=1S/C13H13N.ClH.Cu/c1-2-12-9-6-10-13(14-12)11-7-4-3-5-8-11;;/h3-10H,2H2,1H3;1H;/q;;+1/p-1. The van der Waals surface area contributed by atoms with Gasteiger partial charge in [-0.05, 0) is 18.6 Å². The summed E-state index contributed by atoms with van der Waals surface area (Å²) >= 11 is 3.66. The van der Waals surface area contributed by atoms with Gasteiger partial charge in [0.05, 0.1) is 5.69 Å². The molecule has 0 saturated heterocycles. The van der Waals surface area contributed by atoms with Crippen molar-refractivity contribution in [3.63, 3.8) is 0 Å². The van der Waals surface area contributed by atoms with Crippen LogP contribution in [0.2, 0.25) is 0 Å². The number of aryl methyl sites for hydroxylation is 1. The molecule has 0 atom stereocenters. The second-order valence-corrected chi connectivity index (χ2v) is 3.23. The third kappa shape index (κ3) is 3.64. The van der Waals surface area contributed by atoms with Crippen molar-refractivity contribution in [2.45, 2.75) is 13.3 Å². The zero-order valence-corrected chi connectivity index (χ0v) is 10.7. The van der Waals surface area contributed by atoms with Gasteiger partial charge in [0, 0.05) is 11.3 Å². The van der Waals surface area contributed by atoms with Gasteiger partial charge >= 0.3 is 25.2 Å². The topological polar surface area (TPSA) is 12.9 Å². The molecule has 1 aromatic heterocycles. The molecule has 0 aliphatic carbocycles. The summed E-state index contributed by atoms with van der Waals surface area (Å²) < 4.78 is 0. The Morgan fingerprint density at radius 3 is 2.31 bits per heavy atom. The molecule has 1 aromatic carbocycles. The molecule has 1 nitrogen and oxygen atoms in total. The fraction of sp³-hybridized carbons (Fsp3) is 0.154. The number of nitrogens with zero attached hydrogens (tertiary/aromatic N) is 1. The van der Waals surface area contributed by atoms with Crippen LogP contribution in [0, 0.1) is 0 Å². The summed E-state index contributed by atoms with van der Waals surface area (Å²) in [6.45, 7) is 2.12. The third-order valence-corrected chi connectivity index (χ3v) is 2.24. The van der Waals surface area contributed by atoms with Gasteiger partial charge in [0.25, 0.3) is 0 Å². The Kier molecular flexibility index (Phi) is 6.17. The quantitative estimate of drug-likeness (QED) is 0.759. The fourth-order valence-corrected chi connectivity index (χ4v) is 1.45. The van der Waals surface area contributed by atoms with Crippen LogP contribution in [-0.2, 0) is 21.5 Å². The van der Waals surface area contributed by atoms with E-state index in [0.717, 1.165) is 17.8 Å². The number of hydrogen-bond donors (Lipinski definition) is 0. The van der Waals surface area contributed by atoms with Crippen molar-refractivity contribution in [3.8, 4) is 11.3 Å². The van der Waals surface area contributed by atoms with Gasteiger partial charge in [0.2, 0.25) is 0 Å². The summed E-state index contributed by atoms with van der Waals surface area (Å²) in [6, 6.07) is 16.4. The van der Waals surface area contributed by atoms with Crippen LogP contribution in [0.1, 0.15) is 12.6 Å². The van der Waals surface area contributed by atoms with Crippen LogP contribution in [0.4, 0.5) is 0 Å². The third-order valence-electron chi connectivity index (χ3n) is 2.24. The molecule has 3 heteroatoms. The van der Waals surface area contributed by atoms with Crippen LogP contribution >= 0.6 is 10.1 Å². The van der Waals surface area contributed by atoms with Gasteiger partial charge < -0.3 is 0 Å². The normalized spacial score (nSPS) is 9.25. The summed E-state index contributed by atoms with van der Waals surface area (Å²) in [6.07, 6.45) is 0.987. The van der Waals surface area contributed by atoms with Gasteiger partial charge in [0.1, 0.15) is 0 Å². The average molecular weight is 282 g/mol. The molecule has 88 valence electrons. The number of pyridine rings is 1. The van der Waals surface area contributed by atoms with Crippen LogP contribution in [-0.4, -0.2) is 4.98 Å². The number of rotatable bonds is 2. The van der Waals surface area contributed by atoms with E-state index in [1.54, 1.807) is 0 Å². The van der Waals surface area contributed by atoms with E-state index in [1.807, 2.05) is 18.2 Å². The minimum atomic E-state index is 0.987. The Bertz CT molecular complexity index is 417. The monoisotopic (exact) mass is 281 g/mol. The van der Waals surface area contributed by atoms with E-state index in [9.17, 15) is 0 Å². The molecular formula is C13H13ClCuN. The first kappa shape index (κ1) is 13.2. The molecule has 16 heavy (non-hydrogen) atoms. The second kappa shape index (κ2) is 7.45. The SMILES string of the molecule is CCc1cccc(-c2ccccc2)n1.[Cl][Cu]. The molecule has 0 amide bonds. The molecule has 2 aromatic rings. The first-order valence-corrected chi connectivity index (χ1v) is 6.32. The number of aromatic nitrogens is 1. The molecule has 0 bridgehead atoms. The van der Waals surface area contributed by atoms with Crippen LogP contribution in [0.25, 0.3) is 11.3 Å². The summed E-state index contributed by atoms with van der Waals surface area (Å²) in [5, 5.41) is 0. The van der Waals surface area contributed by atoms with E-state index < -0.39 is 0 Å². The molecule has 1 heterocycles. The van der Waals surface area contributed by atoms with Crippen LogP contribution < -0.4 is 0 Å². The van der Waals surface area contributed by atoms with Crippen LogP contribution in [0.15, 0.2) is 48.5 Å². The predicted octanol–water partition coefficient (Wildman–Crippen LogP) is 4.00. The molecule has 0 fully saturated rings. The maximum absolute atomic E-state index is 4.56. The fourth-order valence-electron chi connectivity index (χ4n) is 1.45. The van der Waals surface area contributed by atoms with Gasteiger partial charge in [-0.1, -0.05) is 43.3 Å². The van der Waals surface area contributed by atoms with Gasteiger partial charge in [-0.25, -0.2) is 0 Å². The second-order valence-electron chi connectivity index (χ2n) is 3.23. The number of benzene rings is 1. The molecule has 0 saturated carbocycles. The zero-order chi connectivity index (χ0) is 11.8. The molecule has 0 radical (unpaired) electrons. The molecule has 2 rings (SSSR count). The molecule has 0 N–H and O–H groups in total. The Balaban J connectivity index is 0.000000606. The molecular weight excluding hydrogens is 269 g/mol. The minimum absolute atomic E-state index is 0.987. The maximum atomic E-state index is 4.56. The van der Waals surface area contributed by atoms with E-state index in [0.29, 0.717) is 0 Å². The zero-order valence-electron chi connectivity index (χ0n) is 8.95. The van der Waals surface area contributed by atoms with Crippen molar-refractivity contribution in [1.82, 2.24) is 4.98 Å². The summed E-state index contributed by atoms with van der Waals surface area (Å²) in [7, 11) is 4.20. The average Bonchev–Trinajstić information content (AvgIpc) is 2.42. The van der Waals surface area contributed by atoms with Gasteiger partial charge in [-0.3, -0.25) is 4.98 Å². The Hall–Kier alpha value is -0.821. The summed E-state index contributed by atoms with van der Waals surface area (Å²) in [5.74, 6) is 0. The van der Waals surface area contributed by atoms with Crippen LogP contribution in [0.5, 0.6) is 0 Å². The Morgan fingerprint density at radius 2 is 1.69 bits per heavy atom. The first-order chi connectivity index (χ1) is 7.90. The van der Waals surface area contributed by atoms with Crippen LogP contribution in [0.3, 0.4) is 0 Å². The van der Waals surface area contributed by atoms with Gasteiger partial charge in [-0.2, -0.15) is 0 Å². The molecule has 0 spiro atoms. The first-order valence-electron chi connectivity index (χ1n) is 5.03. The van der Waals surface area contributed by atoms with E-state index in [2.05, 4.69) is 67.4 Å². The molecule has 0 unspecified atom stereocenters.